The van der Waals surface area contributed by atoms with E-state index in [1.54, 1.807) is 25.3 Å². The third-order valence-electron chi connectivity index (χ3n) is 7.89. The van der Waals surface area contributed by atoms with Crippen molar-refractivity contribution >= 4 is 17.6 Å². The molecule has 0 aliphatic heterocycles. The van der Waals surface area contributed by atoms with Crippen molar-refractivity contribution in [3.63, 3.8) is 0 Å². The molecular formula is C27H33FN4O3. The Morgan fingerprint density at radius 3 is 2.37 bits per heavy atom. The van der Waals surface area contributed by atoms with Crippen LogP contribution in [-0.2, 0) is 4.74 Å². The second-order valence-corrected chi connectivity index (χ2v) is 10.7. The lowest BCUT2D eigenvalue weighted by Crippen LogP contribution is -2.69. The monoisotopic (exact) mass is 480 g/mol. The first kappa shape index (κ1) is 23.7. The summed E-state index contributed by atoms with van der Waals surface area (Å²) in [5.41, 5.74) is -0.0234. The summed E-state index contributed by atoms with van der Waals surface area (Å²) in [7, 11) is 3.58. The topological polar surface area (TPSA) is 83.6 Å². The van der Waals surface area contributed by atoms with Gasteiger partial charge in [-0.25, -0.2) is 9.37 Å². The number of benzene rings is 1. The van der Waals surface area contributed by atoms with Crippen LogP contribution in [0.4, 0.5) is 10.2 Å². The Morgan fingerprint density at radius 1 is 1.06 bits per heavy atom. The number of carbonyl (C=O) groups excluding carboxylic acids is 2. The van der Waals surface area contributed by atoms with Crippen molar-refractivity contribution in [2.24, 2.45) is 11.8 Å². The zero-order chi connectivity index (χ0) is 24.6. The third-order valence-corrected chi connectivity index (χ3v) is 7.89. The number of methoxy groups -OCH3 is 1. The summed E-state index contributed by atoms with van der Waals surface area (Å²) in [6.07, 6.45) is 5.46. The summed E-state index contributed by atoms with van der Waals surface area (Å²) in [6, 6.07) is 11.3. The highest BCUT2D eigenvalue weighted by atomic mass is 19.1. The van der Waals surface area contributed by atoms with Crippen LogP contribution in [-0.4, -0.2) is 55.2 Å². The van der Waals surface area contributed by atoms with Crippen LogP contribution in [0.1, 0.15) is 59.4 Å². The van der Waals surface area contributed by atoms with Crippen LogP contribution in [0.3, 0.4) is 0 Å². The highest BCUT2D eigenvalue weighted by Gasteiger charge is 2.58. The molecule has 1 aromatic carbocycles. The lowest BCUT2D eigenvalue weighted by atomic mass is 9.49. The summed E-state index contributed by atoms with van der Waals surface area (Å²) in [5.74, 6) is 0.767. The van der Waals surface area contributed by atoms with E-state index in [4.69, 9.17) is 4.74 Å². The second kappa shape index (κ2) is 9.22. The number of likely N-dealkylation sites (N-methyl/N-ethyl adjacent to an activating group) is 1. The van der Waals surface area contributed by atoms with Gasteiger partial charge in [-0.2, -0.15) is 0 Å². The Labute approximate surface area is 205 Å². The molecule has 8 heteroatoms. The van der Waals surface area contributed by atoms with Gasteiger partial charge in [0.1, 0.15) is 17.3 Å². The van der Waals surface area contributed by atoms with Crippen LogP contribution in [0.2, 0.25) is 0 Å². The number of nitrogens with one attached hydrogen (secondary N) is 2. The number of pyridine rings is 1. The van der Waals surface area contributed by atoms with Crippen LogP contribution in [0.25, 0.3) is 0 Å². The molecule has 2 N–H and O–H groups in total. The first-order chi connectivity index (χ1) is 16.8. The fourth-order valence-electron chi connectivity index (χ4n) is 6.91. The minimum atomic E-state index is -0.422. The summed E-state index contributed by atoms with van der Waals surface area (Å²) in [4.78, 5) is 32.9. The quantitative estimate of drug-likeness (QED) is 0.604. The molecule has 0 saturated heterocycles. The van der Waals surface area contributed by atoms with Crippen LogP contribution in [0.5, 0.6) is 0 Å². The molecule has 35 heavy (non-hydrogen) atoms. The average Bonchev–Trinajstić information content (AvgIpc) is 2.81. The van der Waals surface area contributed by atoms with Crippen molar-refractivity contribution in [2.45, 2.75) is 49.6 Å². The first-order valence-corrected chi connectivity index (χ1v) is 12.4. The summed E-state index contributed by atoms with van der Waals surface area (Å²) in [6.45, 7) is 1.25. The van der Waals surface area contributed by atoms with E-state index in [0.717, 1.165) is 37.9 Å². The van der Waals surface area contributed by atoms with Gasteiger partial charge in [0.15, 0.2) is 0 Å². The van der Waals surface area contributed by atoms with E-state index in [0.29, 0.717) is 42.7 Å². The number of nitrogens with zero attached hydrogens (tertiary/aromatic N) is 2. The van der Waals surface area contributed by atoms with Gasteiger partial charge in [-0.05, 0) is 80.7 Å². The summed E-state index contributed by atoms with van der Waals surface area (Å²) < 4.78 is 18.8. The molecule has 4 aliphatic rings. The number of ether oxygens (including phenoxy) is 1. The molecule has 7 nitrogen and oxygen atoms in total. The van der Waals surface area contributed by atoms with E-state index in [1.807, 2.05) is 24.1 Å². The van der Waals surface area contributed by atoms with E-state index in [1.165, 1.54) is 12.1 Å². The molecule has 2 atom stereocenters. The largest absolute Gasteiger partial charge is 0.383 e. The van der Waals surface area contributed by atoms with Gasteiger partial charge in [-0.1, -0.05) is 12.1 Å². The number of carbonyl (C=O) groups is 2. The highest BCUT2D eigenvalue weighted by Crippen LogP contribution is 2.57. The van der Waals surface area contributed by atoms with Gasteiger partial charge in [0.05, 0.1) is 6.61 Å². The Hall–Kier alpha value is -3.00. The number of hydrogen-bond donors (Lipinski definition) is 2. The number of rotatable bonds is 8. The van der Waals surface area contributed by atoms with E-state index in [9.17, 15) is 14.0 Å². The standard InChI is InChI=1S/C27H33FN4O3/c1-32(9-10-35-2)23-8-4-7-22(29-23)25(34)31-27-15-18-11-19(16-27)14-26(13-18,17-27)30-24(33)20-5-3-6-21(28)12-20/h3-8,12,18-19H,9-11,13-17H2,1-2H3,(H,30,33)(H,31,34). The zero-order valence-corrected chi connectivity index (χ0v) is 20.4. The summed E-state index contributed by atoms with van der Waals surface area (Å²) in [5, 5.41) is 6.60. The minimum Gasteiger partial charge on any atom is -0.383 e. The molecule has 186 valence electrons. The maximum absolute atomic E-state index is 13.7. The molecular weight excluding hydrogens is 447 g/mol. The molecule has 2 amide bonds. The molecule has 4 aliphatic carbocycles. The van der Waals surface area contributed by atoms with Gasteiger partial charge < -0.3 is 20.3 Å². The smallest absolute Gasteiger partial charge is 0.270 e. The molecule has 1 aromatic heterocycles. The van der Waals surface area contributed by atoms with Crippen LogP contribution < -0.4 is 15.5 Å². The van der Waals surface area contributed by atoms with Gasteiger partial charge in [0, 0.05) is 37.3 Å². The Bertz CT molecular complexity index is 1110. The van der Waals surface area contributed by atoms with E-state index in [2.05, 4.69) is 15.6 Å². The lowest BCUT2D eigenvalue weighted by Gasteiger charge is -2.62. The van der Waals surface area contributed by atoms with Gasteiger partial charge in [-0.3, -0.25) is 9.59 Å². The van der Waals surface area contributed by atoms with Crippen LogP contribution >= 0.6 is 0 Å². The Balaban J connectivity index is 1.33. The molecule has 6 rings (SSSR count). The van der Waals surface area contributed by atoms with Gasteiger partial charge >= 0.3 is 0 Å². The molecule has 2 unspecified atom stereocenters. The molecule has 4 fully saturated rings. The number of aromatic nitrogens is 1. The van der Waals surface area contributed by atoms with Gasteiger partial charge in [-0.15, -0.1) is 0 Å². The summed E-state index contributed by atoms with van der Waals surface area (Å²) >= 11 is 0. The van der Waals surface area contributed by atoms with E-state index < -0.39 is 5.82 Å². The van der Waals surface area contributed by atoms with Gasteiger partial charge in [0.2, 0.25) is 0 Å². The first-order valence-electron chi connectivity index (χ1n) is 12.4. The van der Waals surface area contributed by atoms with Crippen molar-refractivity contribution in [1.29, 1.82) is 0 Å². The van der Waals surface area contributed by atoms with Gasteiger partial charge in [0.25, 0.3) is 11.8 Å². The maximum Gasteiger partial charge on any atom is 0.270 e. The highest BCUT2D eigenvalue weighted by molar-refractivity contribution is 5.95. The molecule has 2 aromatic rings. The SMILES string of the molecule is COCCN(C)c1cccc(C(=O)NC23CC4CC(CC(NC(=O)c5cccc(F)c5)(C4)C2)C3)n1. The number of anilines is 1. The minimum absolute atomic E-state index is 0.180. The van der Waals surface area contributed by atoms with Crippen molar-refractivity contribution < 1.29 is 18.7 Å². The Morgan fingerprint density at radius 2 is 1.71 bits per heavy atom. The fraction of sp³-hybridized carbons (Fsp3) is 0.519. The van der Waals surface area contributed by atoms with E-state index >= 15 is 0 Å². The predicted molar refractivity (Wildman–Crippen MR) is 131 cm³/mol. The zero-order valence-electron chi connectivity index (χ0n) is 20.4. The normalized spacial score (nSPS) is 28.5. The number of hydrogen-bond acceptors (Lipinski definition) is 5. The molecule has 0 radical (unpaired) electrons. The number of halogens is 1. The van der Waals surface area contributed by atoms with Crippen molar-refractivity contribution in [1.82, 2.24) is 15.6 Å². The fourth-order valence-corrected chi connectivity index (χ4v) is 6.91. The Kier molecular flexibility index (Phi) is 6.25. The molecule has 0 spiro atoms. The third kappa shape index (κ3) is 4.89. The lowest BCUT2D eigenvalue weighted by molar-refractivity contribution is -0.0448. The molecule has 4 bridgehead atoms. The van der Waals surface area contributed by atoms with Crippen molar-refractivity contribution in [3.8, 4) is 0 Å². The van der Waals surface area contributed by atoms with E-state index in [-0.39, 0.29) is 22.9 Å². The number of amides is 2. The van der Waals surface area contributed by atoms with Crippen LogP contribution in [0, 0.1) is 17.7 Å². The molecule has 1 heterocycles. The van der Waals surface area contributed by atoms with Crippen molar-refractivity contribution in [3.05, 3.63) is 59.5 Å². The van der Waals surface area contributed by atoms with Crippen molar-refractivity contribution in [2.75, 3.05) is 32.2 Å². The predicted octanol–water partition coefficient (Wildman–Crippen LogP) is 3.55. The average molecular weight is 481 g/mol. The van der Waals surface area contributed by atoms with Crippen LogP contribution in [0.15, 0.2) is 42.5 Å². The molecule has 4 saturated carbocycles. The maximum atomic E-state index is 13.7. The second-order valence-electron chi connectivity index (χ2n) is 10.7.